The average Bonchev–Trinajstić information content (AvgIpc) is 2.90. The minimum Gasteiger partial charge on any atom is -0.496 e. The predicted molar refractivity (Wildman–Crippen MR) is 86.9 cm³/mol. The number of hydrogen-bond donors (Lipinski definition) is 0. The Balaban J connectivity index is 2.18. The Kier molecular flexibility index (Phi) is 5.12. The lowest BCUT2D eigenvalue weighted by Crippen LogP contribution is -2.35. The van der Waals surface area contributed by atoms with Crippen LogP contribution in [-0.4, -0.2) is 57.2 Å². The molecule has 0 saturated carbocycles. The highest BCUT2D eigenvalue weighted by Crippen LogP contribution is 2.35. The smallest absolute Gasteiger partial charge is 0.131 e. The molecule has 4 nitrogen and oxygen atoms in total. The van der Waals surface area contributed by atoms with Gasteiger partial charge in [0, 0.05) is 25.3 Å². The van der Waals surface area contributed by atoms with Gasteiger partial charge in [-0.3, -0.25) is 0 Å². The van der Waals surface area contributed by atoms with Gasteiger partial charge in [0.15, 0.2) is 0 Å². The van der Waals surface area contributed by atoms with Gasteiger partial charge in [-0.1, -0.05) is 12.6 Å². The van der Waals surface area contributed by atoms with E-state index in [1.54, 1.807) is 14.2 Å². The molecule has 1 aliphatic heterocycles. The Morgan fingerprint density at radius 1 is 1.33 bits per heavy atom. The number of likely N-dealkylation sites (tertiary alicyclic amines) is 1. The molecule has 0 aromatic heterocycles. The second-order valence-electron chi connectivity index (χ2n) is 5.64. The molecule has 2 rings (SSSR count). The second-order valence-corrected chi connectivity index (χ2v) is 5.64. The van der Waals surface area contributed by atoms with Gasteiger partial charge in [-0.2, -0.15) is 0 Å². The third-order valence-electron chi connectivity index (χ3n) is 4.33. The quantitative estimate of drug-likeness (QED) is 0.804. The third-order valence-corrected chi connectivity index (χ3v) is 4.33. The molecule has 21 heavy (non-hydrogen) atoms. The van der Waals surface area contributed by atoms with Crippen molar-refractivity contribution in [1.82, 2.24) is 9.80 Å². The molecule has 1 atom stereocenters. The van der Waals surface area contributed by atoms with Crippen LogP contribution in [0.1, 0.15) is 18.4 Å². The Morgan fingerprint density at radius 2 is 1.95 bits per heavy atom. The van der Waals surface area contributed by atoms with Crippen LogP contribution < -0.4 is 9.47 Å². The van der Waals surface area contributed by atoms with Crippen LogP contribution in [0.3, 0.4) is 0 Å². The van der Waals surface area contributed by atoms with E-state index >= 15 is 0 Å². The van der Waals surface area contributed by atoms with Crippen molar-refractivity contribution >= 4 is 5.70 Å². The van der Waals surface area contributed by atoms with Crippen molar-refractivity contribution in [3.8, 4) is 11.5 Å². The summed E-state index contributed by atoms with van der Waals surface area (Å²) >= 11 is 0. The van der Waals surface area contributed by atoms with E-state index in [0.717, 1.165) is 29.3 Å². The Labute approximate surface area is 127 Å². The fraction of sp³-hybridized carbons (Fsp3) is 0.529. The van der Waals surface area contributed by atoms with E-state index in [9.17, 15) is 0 Å². The highest BCUT2D eigenvalue weighted by molar-refractivity contribution is 5.72. The zero-order chi connectivity index (χ0) is 15.4. The van der Waals surface area contributed by atoms with Crippen LogP contribution in [0.2, 0.25) is 0 Å². The van der Waals surface area contributed by atoms with Crippen LogP contribution in [0.25, 0.3) is 5.70 Å². The first kappa shape index (κ1) is 15.7. The van der Waals surface area contributed by atoms with Crippen LogP contribution >= 0.6 is 0 Å². The maximum absolute atomic E-state index is 5.47. The molecule has 0 aliphatic carbocycles. The average molecular weight is 290 g/mol. The van der Waals surface area contributed by atoms with Crippen LogP contribution in [0, 0.1) is 0 Å². The molecule has 0 N–H and O–H groups in total. The van der Waals surface area contributed by atoms with Crippen LogP contribution in [0.4, 0.5) is 0 Å². The minimum absolute atomic E-state index is 0.590. The highest BCUT2D eigenvalue weighted by atomic mass is 16.5. The lowest BCUT2D eigenvalue weighted by Gasteiger charge is -2.29. The van der Waals surface area contributed by atoms with Crippen molar-refractivity contribution in [2.24, 2.45) is 0 Å². The number of benzene rings is 1. The van der Waals surface area contributed by atoms with Gasteiger partial charge < -0.3 is 19.3 Å². The standard InChI is InChI=1S/C17H26N2O2/c1-13(19(3)12-14-8-7-11-18(14)2)17-15(20-4)9-6-10-16(17)21-5/h6,9-10,14H,1,7-8,11-12H2,2-5H3. The number of methoxy groups -OCH3 is 2. The normalized spacial score (nSPS) is 18.6. The van der Waals surface area contributed by atoms with Crippen molar-refractivity contribution < 1.29 is 9.47 Å². The summed E-state index contributed by atoms with van der Waals surface area (Å²) in [4.78, 5) is 4.62. The van der Waals surface area contributed by atoms with Gasteiger partial charge in [0.25, 0.3) is 0 Å². The number of nitrogens with zero attached hydrogens (tertiary/aromatic N) is 2. The third kappa shape index (κ3) is 3.32. The molecule has 1 unspecified atom stereocenters. The van der Waals surface area contributed by atoms with Gasteiger partial charge in [0.1, 0.15) is 11.5 Å². The summed E-state index contributed by atoms with van der Waals surface area (Å²) in [5.74, 6) is 1.59. The topological polar surface area (TPSA) is 24.9 Å². The first-order valence-corrected chi connectivity index (χ1v) is 7.40. The van der Waals surface area contributed by atoms with E-state index in [2.05, 4.69) is 30.5 Å². The molecular weight excluding hydrogens is 264 g/mol. The maximum atomic E-state index is 5.47. The molecule has 0 radical (unpaired) electrons. The predicted octanol–water partition coefficient (Wildman–Crippen LogP) is 2.70. The number of rotatable bonds is 6. The van der Waals surface area contributed by atoms with E-state index in [4.69, 9.17) is 9.47 Å². The zero-order valence-electron chi connectivity index (χ0n) is 13.6. The van der Waals surface area contributed by atoms with Gasteiger partial charge in [-0.25, -0.2) is 0 Å². The molecule has 0 spiro atoms. The van der Waals surface area contributed by atoms with Crippen LogP contribution in [0.5, 0.6) is 11.5 Å². The summed E-state index contributed by atoms with van der Waals surface area (Å²) < 4.78 is 10.9. The molecule has 1 aromatic rings. The Hall–Kier alpha value is -1.68. The van der Waals surface area contributed by atoms with Gasteiger partial charge in [0.05, 0.1) is 19.8 Å². The molecule has 4 heteroatoms. The number of ether oxygens (including phenoxy) is 2. The summed E-state index contributed by atoms with van der Waals surface area (Å²) in [6.07, 6.45) is 2.52. The molecule has 116 valence electrons. The van der Waals surface area contributed by atoms with Crippen molar-refractivity contribution in [2.75, 3.05) is 41.4 Å². The molecule has 0 amide bonds. The van der Waals surface area contributed by atoms with Gasteiger partial charge >= 0.3 is 0 Å². The first-order chi connectivity index (χ1) is 10.1. The van der Waals surface area contributed by atoms with Crippen molar-refractivity contribution in [3.05, 3.63) is 30.3 Å². The van der Waals surface area contributed by atoms with Crippen LogP contribution in [0.15, 0.2) is 24.8 Å². The van der Waals surface area contributed by atoms with Crippen molar-refractivity contribution in [2.45, 2.75) is 18.9 Å². The summed E-state index contributed by atoms with van der Waals surface area (Å²) in [5.41, 5.74) is 1.87. The molecule has 1 aliphatic rings. The highest BCUT2D eigenvalue weighted by Gasteiger charge is 2.24. The first-order valence-electron chi connectivity index (χ1n) is 7.40. The largest absolute Gasteiger partial charge is 0.496 e. The molecule has 1 heterocycles. The van der Waals surface area contributed by atoms with E-state index in [1.807, 2.05) is 18.2 Å². The van der Waals surface area contributed by atoms with Gasteiger partial charge in [-0.15, -0.1) is 0 Å². The monoisotopic (exact) mass is 290 g/mol. The molecule has 1 saturated heterocycles. The van der Waals surface area contributed by atoms with Gasteiger partial charge in [0.2, 0.25) is 0 Å². The second kappa shape index (κ2) is 6.85. The number of hydrogen-bond acceptors (Lipinski definition) is 4. The maximum Gasteiger partial charge on any atom is 0.131 e. The fourth-order valence-electron chi connectivity index (χ4n) is 2.96. The molecule has 1 fully saturated rings. The lowest BCUT2D eigenvalue weighted by atomic mass is 10.1. The van der Waals surface area contributed by atoms with E-state index < -0.39 is 0 Å². The molecular formula is C17H26N2O2. The lowest BCUT2D eigenvalue weighted by molar-refractivity contribution is 0.262. The van der Waals surface area contributed by atoms with Crippen molar-refractivity contribution in [1.29, 1.82) is 0 Å². The summed E-state index contributed by atoms with van der Waals surface area (Å²) in [7, 11) is 7.63. The fourth-order valence-corrected chi connectivity index (χ4v) is 2.96. The van der Waals surface area contributed by atoms with E-state index in [-0.39, 0.29) is 0 Å². The van der Waals surface area contributed by atoms with E-state index in [1.165, 1.54) is 19.4 Å². The Morgan fingerprint density at radius 3 is 2.43 bits per heavy atom. The SMILES string of the molecule is C=C(c1c(OC)cccc1OC)N(C)CC1CCCN1C. The summed E-state index contributed by atoms with van der Waals surface area (Å²) in [5, 5.41) is 0. The van der Waals surface area contributed by atoms with Crippen LogP contribution in [-0.2, 0) is 0 Å². The van der Waals surface area contributed by atoms with Gasteiger partial charge in [-0.05, 0) is 38.6 Å². The Bertz CT molecular complexity index is 479. The zero-order valence-corrected chi connectivity index (χ0v) is 13.6. The minimum atomic E-state index is 0.590. The summed E-state index contributed by atoms with van der Waals surface area (Å²) in [6, 6.07) is 6.41. The molecule has 1 aromatic carbocycles. The van der Waals surface area contributed by atoms with E-state index in [0.29, 0.717) is 6.04 Å². The van der Waals surface area contributed by atoms with Crippen molar-refractivity contribution in [3.63, 3.8) is 0 Å². The number of likely N-dealkylation sites (N-methyl/N-ethyl adjacent to an activating group) is 2. The molecule has 0 bridgehead atoms. The summed E-state index contributed by atoms with van der Waals surface area (Å²) in [6.45, 7) is 6.41.